The average Bonchev–Trinajstić information content (AvgIpc) is 3.48. The van der Waals surface area contributed by atoms with Crippen LogP contribution >= 0.6 is 0 Å². The number of benzene rings is 2. The minimum atomic E-state index is -3.32. The Balaban J connectivity index is 1.56. The zero-order chi connectivity index (χ0) is 19.1. The fourth-order valence-electron chi connectivity index (χ4n) is 4.01. The quantitative estimate of drug-likeness (QED) is 0.812. The fourth-order valence-corrected chi connectivity index (χ4v) is 5.81. The van der Waals surface area contributed by atoms with Gasteiger partial charge in [-0.05, 0) is 42.5 Å². The van der Waals surface area contributed by atoms with Gasteiger partial charge in [0.05, 0.1) is 16.4 Å². The van der Waals surface area contributed by atoms with Gasteiger partial charge in [-0.25, -0.2) is 12.8 Å². The van der Waals surface area contributed by atoms with Crippen LogP contribution < -0.4 is 0 Å². The third kappa shape index (κ3) is 3.38. The molecular weight excluding hydrogens is 365 g/mol. The van der Waals surface area contributed by atoms with E-state index in [1.165, 1.54) is 12.1 Å². The first-order valence-corrected chi connectivity index (χ1v) is 11.0. The minimum absolute atomic E-state index is 0.0296. The van der Waals surface area contributed by atoms with Crippen LogP contribution in [0.5, 0.6) is 0 Å². The first-order chi connectivity index (χ1) is 12.9. The van der Waals surface area contributed by atoms with Crippen LogP contribution in [-0.2, 0) is 20.0 Å². The molecule has 1 aliphatic carbocycles. The summed E-state index contributed by atoms with van der Waals surface area (Å²) in [6, 6.07) is 15.3. The molecule has 1 heterocycles. The summed E-state index contributed by atoms with van der Waals surface area (Å²) in [5.74, 6) is -0.385. The van der Waals surface area contributed by atoms with E-state index in [0.717, 1.165) is 24.0 Å². The van der Waals surface area contributed by atoms with E-state index >= 15 is 0 Å². The Morgan fingerprint density at radius 3 is 2.30 bits per heavy atom. The third-order valence-corrected chi connectivity index (χ3v) is 7.88. The molecule has 0 aromatic heterocycles. The van der Waals surface area contributed by atoms with E-state index < -0.39 is 20.5 Å². The second-order valence-corrected chi connectivity index (χ2v) is 9.74. The van der Waals surface area contributed by atoms with Crippen molar-refractivity contribution >= 4 is 15.7 Å². The molecule has 1 saturated heterocycles. The number of rotatable bonds is 3. The molecule has 1 aliphatic heterocycles. The SMILES string of the molecule is O=C(N1CCC(c2ccccc2)S(=O)(=O)CC1)C1(c2ccc(F)cc2)CC1. The molecule has 1 unspecified atom stereocenters. The lowest BCUT2D eigenvalue weighted by Crippen LogP contribution is -2.41. The molecule has 2 aromatic carbocycles. The van der Waals surface area contributed by atoms with Crippen LogP contribution in [0.4, 0.5) is 4.39 Å². The van der Waals surface area contributed by atoms with E-state index in [-0.39, 0.29) is 24.0 Å². The van der Waals surface area contributed by atoms with E-state index in [1.54, 1.807) is 17.0 Å². The van der Waals surface area contributed by atoms with Crippen molar-refractivity contribution < 1.29 is 17.6 Å². The lowest BCUT2D eigenvalue weighted by atomic mass is 9.94. The molecule has 142 valence electrons. The molecular formula is C21H22FNO3S. The maximum absolute atomic E-state index is 13.2. The first kappa shape index (κ1) is 18.2. The van der Waals surface area contributed by atoms with E-state index in [9.17, 15) is 17.6 Å². The van der Waals surface area contributed by atoms with E-state index in [1.807, 2.05) is 30.3 Å². The number of amides is 1. The number of halogens is 1. The number of hydrogen-bond donors (Lipinski definition) is 0. The largest absolute Gasteiger partial charge is 0.341 e. The Kier molecular flexibility index (Phi) is 4.54. The molecule has 4 nitrogen and oxygen atoms in total. The van der Waals surface area contributed by atoms with Crippen molar-refractivity contribution in [3.8, 4) is 0 Å². The van der Waals surface area contributed by atoms with Gasteiger partial charge in [0.15, 0.2) is 9.84 Å². The van der Waals surface area contributed by atoms with Gasteiger partial charge in [-0.3, -0.25) is 4.79 Å². The fraction of sp³-hybridized carbons (Fsp3) is 0.381. The Hall–Kier alpha value is -2.21. The Bertz CT molecular complexity index is 937. The first-order valence-electron chi connectivity index (χ1n) is 9.24. The predicted molar refractivity (Wildman–Crippen MR) is 101 cm³/mol. The summed E-state index contributed by atoms with van der Waals surface area (Å²) in [7, 11) is -3.32. The molecule has 2 aromatic rings. The van der Waals surface area contributed by atoms with Gasteiger partial charge in [0.25, 0.3) is 0 Å². The van der Waals surface area contributed by atoms with Gasteiger partial charge in [0.2, 0.25) is 5.91 Å². The highest BCUT2D eigenvalue weighted by Gasteiger charge is 2.53. The van der Waals surface area contributed by atoms with Crippen LogP contribution in [0.1, 0.15) is 35.6 Å². The van der Waals surface area contributed by atoms with Gasteiger partial charge in [0, 0.05) is 13.1 Å². The Morgan fingerprint density at radius 2 is 1.67 bits per heavy atom. The molecule has 1 atom stereocenters. The Labute approximate surface area is 158 Å². The summed E-state index contributed by atoms with van der Waals surface area (Å²) in [6.45, 7) is 0.633. The van der Waals surface area contributed by atoms with Crippen LogP contribution in [0, 0.1) is 5.82 Å². The molecule has 0 bridgehead atoms. The molecule has 0 spiro atoms. The minimum Gasteiger partial charge on any atom is -0.341 e. The van der Waals surface area contributed by atoms with Crippen LogP contribution in [0.2, 0.25) is 0 Å². The maximum atomic E-state index is 13.2. The molecule has 27 heavy (non-hydrogen) atoms. The Morgan fingerprint density at radius 1 is 1.00 bits per heavy atom. The van der Waals surface area contributed by atoms with E-state index in [0.29, 0.717) is 13.0 Å². The molecule has 1 amide bonds. The standard InChI is InChI=1S/C21H22FNO3S/c22-18-8-6-17(7-9-18)21(11-12-21)20(24)23-13-10-19(27(25,26)15-14-23)16-4-2-1-3-5-16/h1-9,19H,10-15H2. The summed E-state index contributed by atoms with van der Waals surface area (Å²) >= 11 is 0. The molecule has 0 radical (unpaired) electrons. The normalized spacial score (nSPS) is 23.4. The number of sulfone groups is 1. The molecule has 0 N–H and O–H groups in total. The van der Waals surface area contributed by atoms with Gasteiger partial charge in [-0.2, -0.15) is 0 Å². The second-order valence-electron chi connectivity index (χ2n) is 7.44. The molecule has 4 rings (SSSR count). The molecule has 2 aliphatic rings. The molecule has 1 saturated carbocycles. The summed E-state index contributed by atoms with van der Waals surface area (Å²) < 4.78 is 38.8. The van der Waals surface area contributed by atoms with Crippen LogP contribution in [0.25, 0.3) is 0 Å². The van der Waals surface area contributed by atoms with Crippen LogP contribution in [0.15, 0.2) is 54.6 Å². The number of nitrogens with zero attached hydrogens (tertiary/aromatic N) is 1. The highest BCUT2D eigenvalue weighted by molar-refractivity contribution is 7.91. The predicted octanol–water partition coefficient (Wildman–Crippen LogP) is 3.25. The highest BCUT2D eigenvalue weighted by Crippen LogP contribution is 2.50. The lowest BCUT2D eigenvalue weighted by molar-refractivity contribution is -0.133. The number of hydrogen-bond acceptors (Lipinski definition) is 3. The number of carbonyl (C=O) groups is 1. The van der Waals surface area contributed by atoms with E-state index in [4.69, 9.17) is 0 Å². The second kappa shape index (κ2) is 6.75. The zero-order valence-corrected chi connectivity index (χ0v) is 15.8. The van der Waals surface area contributed by atoms with Crippen molar-refractivity contribution in [1.82, 2.24) is 4.90 Å². The summed E-state index contributed by atoms with van der Waals surface area (Å²) in [6.07, 6.45) is 1.85. The average molecular weight is 387 g/mol. The van der Waals surface area contributed by atoms with E-state index in [2.05, 4.69) is 0 Å². The van der Waals surface area contributed by atoms with Crippen molar-refractivity contribution in [1.29, 1.82) is 0 Å². The van der Waals surface area contributed by atoms with Crippen molar-refractivity contribution in [3.05, 3.63) is 71.5 Å². The van der Waals surface area contributed by atoms with Crippen LogP contribution in [0.3, 0.4) is 0 Å². The molecule has 2 fully saturated rings. The highest BCUT2D eigenvalue weighted by atomic mass is 32.2. The smallest absolute Gasteiger partial charge is 0.233 e. The van der Waals surface area contributed by atoms with Crippen LogP contribution in [-0.4, -0.2) is 38.1 Å². The van der Waals surface area contributed by atoms with Crippen molar-refractivity contribution in [2.75, 3.05) is 18.8 Å². The van der Waals surface area contributed by atoms with Crippen molar-refractivity contribution in [2.24, 2.45) is 0 Å². The van der Waals surface area contributed by atoms with Gasteiger partial charge < -0.3 is 4.90 Å². The van der Waals surface area contributed by atoms with Crippen molar-refractivity contribution in [2.45, 2.75) is 29.9 Å². The topological polar surface area (TPSA) is 54.5 Å². The summed E-state index contributed by atoms with van der Waals surface area (Å²) in [4.78, 5) is 14.9. The lowest BCUT2D eigenvalue weighted by Gasteiger charge is -2.26. The maximum Gasteiger partial charge on any atom is 0.233 e. The number of carbonyl (C=O) groups excluding carboxylic acids is 1. The third-order valence-electron chi connectivity index (χ3n) is 5.76. The van der Waals surface area contributed by atoms with Gasteiger partial charge in [0.1, 0.15) is 5.82 Å². The monoisotopic (exact) mass is 387 g/mol. The summed E-state index contributed by atoms with van der Waals surface area (Å²) in [5.41, 5.74) is 0.997. The van der Waals surface area contributed by atoms with Crippen molar-refractivity contribution in [3.63, 3.8) is 0 Å². The molecule has 6 heteroatoms. The summed E-state index contributed by atoms with van der Waals surface area (Å²) in [5, 5.41) is -0.572. The zero-order valence-electron chi connectivity index (χ0n) is 15.0. The van der Waals surface area contributed by atoms with Gasteiger partial charge >= 0.3 is 0 Å². The van der Waals surface area contributed by atoms with Gasteiger partial charge in [-0.15, -0.1) is 0 Å². The van der Waals surface area contributed by atoms with Gasteiger partial charge in [-0.1, -0.05) is 42.5 Å².